The molecule has 0 fully saturated rings. The zero-order valence-electron chi connectivity index (χ0n) is 15.3. The fourth-order valence-electron chi connectivity index (χ4n) is 2.68. The van der Waals surface area contributed by atoms with E-state index in [4.69, 9.17) is 4.74 Å². The van der Waals surface area contributed by atoms with Gasteiger partial charge in [0.25, 0.3) is 21.8 Å². The van der Waals surface area contributed by atoms with Crippen LogP contribution in [0.3, 0.4) is 0 Å². The number of amides is 2. The van der Waals surface area contributed by atoms with Gasteiger partial charge in [-0.05, 0) is 48.5 Å². The minimum atomic E-state index is -3.87. The number of rotatable bonds is 5. The number of fused-ring (bicyclic) bond motifs is 1. The fraction of sp³-hybridized carbons (Fsp3) is 0.0526. The van der Waals surface area contributed by atoms with Gasteiger partial charge < -0.3 is 15.4 Å². The van der Waals surface area contributed by atoms with E-state index in [2.05, 4.69) is 25.3 Å². The first-order valence-corrected chi connectivity index (χ1v) is 10.2. The Labute approximate surface area is 171 Å². The van der Waals surface area contributed by atoms with E-state index < -0.39 is 15.9 Å². The minimum Gasteiger partial charge on any atom is -0.482 e. The summed E-state index contributed by atoms with van der Waals surface area (Å²) in [6, 6.07) is 11.8. The van der Waals surface area contributed by atoms with Crippen LogP contribution in [0.4, 0.5) is 17.3 Å². The van der Waals surface area contributed by atoms with Crippen molar-refractivity contribution in [2.75, 3.05) is 22.0 Å². The van der Waals surface area contributed by atoms with Crippen LogP contribution in [0, 0.1) is 0 Å². The third kappa shape index (κ3) is 4.20. The van der Waals surface area contributed by atoms with Crippen LogP contribution in [-0.4, -0.2) is 36.8 Å². The minimum absolute atomic E-state index is 0.0124. The summed E-state index contributed by atoms with van der Waals surface area (Å²) < 4.78 is 32.3. The normalized spacial score (nSPS) is 12.9. The number of benzene rings is 2. The molecule has 0 atom stereocenters. The van der Waals surface area contributed by atoms with Crippen LogP contribution in [-0.2, 0) is 14.8 Å². The molecule has 2 amide bonds. The Balaban J connectivity index is 1.46. The molecule has 1 aromatic heterocycles. The van der Waals surface area contributed by atoms with E-state index in [0.29, 0.717) is 22.7 Å². The third-order valence-corrected chi connectivity index (χ3v) is 5.43. The summed E-state index contributed by atoms with van der Waals surface area (Å²) in [6.07, 6.45) is 2.84. The lowest BCUT2D eigenvalue weighted by atomic mass is 10.1. The SMILES string of the molecule is O=C1COc2ccc(C(=O)Nc3ccc(S(=O)(=O)Nc4ncccn4)cc3)cc2N1. The molecule has 3 N–H and O–H groups in total. The van der Waals surface area contributed by atoms with Crippen LogP contribution in [0.2, 0.25) is 0 Å². The average Bonchev–Trinajstić information content (AvgIpc) is 2.74. The molecule has 2 aromatic carbocycles. The second kappa shape index (κ2) is 7.79. The highest BCUT2D eigenvalue weighted by molar-refractivity contribution is 7.92. The smallest absolute Gasteiger partial charge is 0.264 e. The Bertz CT molecular complexity index is 1210. The van der Waals surface area contributed by atoms with E-state index in [1.54, 1.807) is 18.2 Å². The van der Waals surface area contributed by atoms with Gasteiger partial charge in [-0.1, -0.05) is 0 Å². The van der Waals surface area contributed by atoms with Crippen LogP contribution < -0.4 is 20.1 Å². The lowest BCUT2D eigenvalue weighted by molar-refractivity contribution is -0.118. The first-order valence-electron chi connectivity index (χ1n) is 8.69. The van der Waals surface area contributed by atoms with Crippen molar-refractivity contribution in [2.24, 2.45) is 0 Å². The average molecular weight is 425 g/mol. The number of ether oxygens (including phenoxy) is 1. The Hall–Kier alpha value is -3.99. The summed E-state index contributed by atoms with van der Waals surface area (Å²) in [5.41, 5.74) is 1.11. The van der Waals surface area contributed by atoms with E-state index in [9.17, 15) is 18.0 Å². The quantitative estimate of drug-likeness (QED) is 0.567. The maximum Gasteiger partial charge on any atom is 0.264 e. The van der Waals surface area contributed by atoms with Crippen LogP contribution in [0.1, 0.15) is 10.4 Å². The number of carbonyl (C=O) groups excluding carboxylic acids is 2. The number of hydrogen-bond acceptors (Lipinski definition) is 7. The Kier molecular flexibility index (Phi) is 5.02. The molecule has 0 unspecified atom stereocenters. The molecule has 0 spiro atoms. The first kappa shape index (κ1) is 19.3. The van der Waals surface area contributed by atoms with E-state index in [1.807, 2.05) is 0 Å². The van der Waals surface area contributed by atoms with Gasteiger partial charge in [-0.15, -0.1) is 0 Å². The lowest BCUT2D eigenvalue weighted by Gasteiger charge is -2.18. The van der Waals surface area contributed by atoms with Crippen molar-refractivity contribution in [1.82, 2.24) is 9.97 Å². The van der Waals surface area contributed by atoms with Crippen molar-refractivity contribution in [2.45, 2.75) is 4.90 Å². The molecule has 1 aliphatic heterocycles. The highest BCUT2D eigenvalue weighted by atomic mass is 32.2. The van der Waals surface area contributed by atoms with E-state index in [0.717, 1.165) is 0 Å². The van der Waals surface area contributed by atoms with Crippen LogP contribution >= 0.6 is 0 Å². The molecule has 30 heavy (non-hydrogen) atoms. The van der Waals surface area contributed by atoms with Gasteiger partial charge in [0.05, 0.1) is 10.6 Å². The number of hydrogen-bond donors (Lipinski definition) is 3. The van der Waals surface area contributed by atoms with Crippen molar-refractivity contribution in [1.29, 1.82) is 0 Å². The zero-order chi connectivity index (χ0) is 21.1. The molecule has 0 aliphatic carbocycles. The van der Waals surface area contributed by atoms with E-state index in [-0.39, 0.29) is 23.4 Å². The molecule has 1 aliphatic rings. The van der Waals surface area contributed by atoms with Crippen molar-refractivity contribution in [3.8, 4) is 5.75 Å². The van der Waals surface area contributed by atoms with Gasteiger partial charge in [-0.25, -0.2) is 23.1 Å². The van der Waals surface area contributed by atoms with Gasteiger partial charge in [0.15, 0.2) is 6.61 Å². The Morgan fingerprint density at radius 1 is 1.07 bits per heavy atom. The monoisotopic (exact) mass is 425 g/mol. The molecule has 4 rings (SSSR count). The van der Waals surface area contributed by atoms with Gasteiger partial charge >= 0.3 is 0 Å². The molecule has 3 aromatic rings. The second-order valence-electron chi connectivity index (χ2n) is 6.20. The molecule has 0 saturated heterocycles. The predicted octanol–water partition coefficient (Wildman–Crippen LogP) is 1.86. The number of nitrogens with zero attached hydrogens (tertiary/aromatic N) is 2. The highest BCUT2D eigenvalue weighted by Crippen LogP contribution is 2.28. The third-order valence-electron chi connectivity index (χ3n) is 4.09. The summed E-state index contributed by atoms with van der Waals surface area (Å²) in [4.78, 5) is 31.6. The summed E-state index contributed by atoms with van der Waals surface area (Å²) in [5, 5.41) is 5.31. The molecule has 11 heteroatoms. The van der Waals surface area contributed by atoms with Gasteiger partial charge in [-0.3, -0.25) is 9.59 Å². The van der Waals surface area contributed by atoms with Crippen LogP contribution in [0.15, 0.2) is 65.8 Å². The highest BCUT2D eigenvalue weighted by Gasteiger charge is 2.19. The second-order valence-corrected chi connectivity index (χ2v) is 7.89. The summed E-state index contributed by atoms with van der Waals surface area (Å²) in [6.45, 7) is -0.0704. The largest absolute Gasteiger partial charge is 0.482 e. The Morgan fingerprint density at radius 3 is 2.53 bits per heavy atom. The molecule has 2 heterocycles. The van der Waals surface area contributed by atoms with E-state index in [1.165, 1.54) is 42.7 Å². The molecule has 0 bridgehead atoms. The van der Waals surface area contributed by atoms with Gasteiger partial charge in [0.2, 0.25) is 5.95 Å². The summed E-state index contributed by atoms with van der Waals surface area (Å²) in [7, 11) is -3.87. The first-order chi connectivity index (χ1) is 14.4. The van der Waals surface area contributed by atoms with Crippen molar-refractivity contribution < 1.29 is 22.7 Å². The number of sulfonamides is 1. The van der Waals surface area contributed by atoms with Crippen LogP contribution in [0.5, 0.6) is 5.75 Å². The zero-order valence-corrected chi connectivity index (χ0v) is 16.1. The predicted molar refractivity (Wildman–Crippen MR) is 108 cm³/mol. The lowest BCUT2D eigenvalue weighted by Crippen LogP contribution is -2.25. The molecule has 0 saturated carbocycles. The summed E-state index contributed by atoms with van der Waals surface area (Å²) >= 11 is 0. The molecular formula is C19H15N5O5S. The molecule has 152 valence electrons. The van der Waals surface area contributed by atoms with Crippen LogP contribution in [0.25, 0.3) is 0 Å². The van der Waals surface area contributed by atoms with Crippen molar-refractivity contribution in [3.63, 3.8) is 0 Å². The molecule has 10 nitrogen and oxygen atoms in total. The topological polar surface area (TPSA) is 139 Å². The van der Waals surface area contributed by atoms with Gasteiger partial charge in [0, 0.05) is 23.6 Å². The number of anilines is 3. The van der Waals surface area contributed by atoms with Gasteiger partial charge in [0.1, 0.15) is 5.75 Å². The Morgan fingerprint density at radius 2 is 1.80 bits per heavy atom. The van der Waals surface area contributed by atoms with Gasteiger partial charge in [-0.2, -0.15) is 0 Å². The van der Waals surface area contributed by atoms with E-state index >= 15 is 0 Å². The maximum atomic E-state index is 12.5. The standard InChI is InChI=1S/C19H15N5O5S/c25-17-11-29-16-7-2-12(10-15(16)23-17)18(26)22-13-3-5-14(6-4-13)30(27,28)24-19-20-8-1-9-21-19/h1-10H,11H2,(H,22,26)(H,23,25)(H,20,21,24). The van der Waals surface area contributed by atoms with Crippen molar-refractivity contribution >= 4 is 39.2 Å². The maximum absolute atomic E-state index is 12.5. The summed E-state index contributed by atoms with van der Waals surface area (Å²) in [5.74, 6) is -0.288. The number of nitrogens with one attached hydrogen (secondary N) is 3. The molecule has 0 radical (unpaired) electrons. The number of carbonyl (C=O) groups is 2. The number of aromatic nitrogens is 2. The fourth-order valence-corrected chi connectivity index (χ4v) is 3.63. The van der Waals surface area contributed by atoms with Crippen molar-refractivity contribution in [3.05, 3.63) is 66.5 Å². The molecular weight excluding hydrogens is 410 g/mol.